The van der Waals surface area contributed by atoms with E-state index in [1.54, 1.807) is 0 Å². The summed E-state index contributed by atoms with van der Waals surface area (Å²) in [6.07, 6.45) is 3.63. The van der Waals surface area contributed by atoms with E-state index in [4.69, 9.17) is 4.74 Å². The minimum Gasteiger partial charge on any atom is -0.492 e. The third-order valence-electron chi connectivity index (χ3n) is 2.77. The number of aromatic nitrogens is 1. The lowest BCUT2D eigenvalue weighted by molar-refractivity contribution is 0.307. The zero-order valence-electron chi connectivity index (χ0n) is 10.5. The Bertz CT molecular complexity index is 445. The molecule has 94 valence electrons. The van der Waals surface area contributed by atoms with Crippen LogP contribution < -0.4 is 10.1 Å². The minimum atomic E-state index is 0.312. The fourth-order valence-electron chi connectivity index (χ4n) is 1.73. The highest BCUT2D eigenvalue weighted by molar-refractivity contribution is 5.20. The third kappa shape index (κ3) is 3.86. The van der Waals surface area contributed by atoms with Crippen LogP contribution in [0.15, 0.2) is 54.9 Å². The van der Waals surface area contributed by atoms with Gasteiger partial charge in [0, 0.05) is 25.0 Å². The number of rotatable bonds is 6. The molecule has 3 heteroatoms. The van der Waals surface area contributed by atoms with E-state index in [0.717, 1.165) is 12.3 Å². The molecule has 0 bridgehead atoms. The number of hydrogen-bond donors (Lipinski definition) is 1. The Hall–Kier alpha value is -1.87. The van der Waals surface area contributed by atoms with E-state index in [1.807, 2.05) is 54.9 Å². The Labute approximate surface area is 108 Å². The first-order chi connectivity index (χ1) is 8.86. The normalized spacial score (nSPS) is 12.1. The van der Waals surface area contributed by atoms with Crippen LogP contribution in [-0.2, 0) is 0 Å². The van der Waals surface area contributed by atoms with Crippen molar-refractivity contribution in [1.29, 1.82) is 0 Å². The highest BCUT2D eigenvalue weighted by atomic mass is 16.5. The summed E-state index contributed by atoms with van der Waals surface area (Å²) in [5.74, 6) is 0.913. The second-order valence-corrected chi connectivity index (χ2v) is 4.12. The van der Waals surface area contributed by atoms with Crippen LogP contribution in [0.5, 0.6) is 5.75 Å². The van der Waals surface area contributed by atoms with Gasteiger partial charge in [-0.25, -0.2) is 0 Å². The monoisotopic (exact) mass is 242 g/mol. The van der Waals surface area contributed by atoms with Gasteiger partial charge in [0.05, 0.1) is 0 Å². The van der Waals surface area contributed by atoms with E-state index in [1.165, 1.54) is 5.56 Å². The van der Waals surface area contributed by atoms with Crippen LogP contribution in [0.25, 0.3) is 0 Å². The molecule has 3 nitrogen and oxygen atoms in total. The van der Waals surface area contributed by atoms with Crippen LogP contribution in [0.4, 0.5) is 0 Å². The molecule has 0 amide bonds. The summed E-state index contributed by atoms with van der Waals surface area (Å²) in [5, 5.41) is 3.42. The molecule has 0 saturated carbocycles. The maximum atomic E-state index is 5.62. The van der Waals surface area contributed by atoms with E-state index in [-0.39, 0.29) is 0 Å². The summed E-state index contributed by atoms with van der Waals surface area (Å²) < 4.78 is 5.62. The number of ether oxygens (including phenoxy) is 1. The quantitative estimate of drug-likeness (QED) is 0.791. The van der Waals surface area contributed by atoms with E-state index in [0.29, 0.717) is 12.6 Å². The molecule has 0 aliphatic rings. The van der Waals surface area contributed by atoms with Crippen LogP contribution in [0, 0.1) is 0 Å². The average molecular weight is 242 g/mol. The van der Waals surface area contributed by atoms with Crippen LogP contribution in [0.1, 0.15) is 18.5 Å². The molecule has 0 aliphatic heterocycles. The van der Waals surface area contributed by atoms with Crippen molar-refractivity contribution in [2.75, 3.05) is 13.2 Å². The Morgan fingerprint density at radius 1 is 1.11 bits per heavy atom. The van der Waals surface area contributed by atoms with Gasteiger partial charge in [-0.05, 0) is 36.8 Å². The van der Waals surface area contributed by atoms with Gasteiger partial charge in [0.25, 0.3) is 0 Å². The number of benzene rings is 1. The molecule has 0 radical (unpaired) electrons. The molecule has 0 saturated heterocycles. The van der Waals surface area contributed by atoms with Gasteiger partial charge < -0.3 is 10.1 Å². The van der Waals surface area contributed by atoms with E-state index in [9.17, 15) is 0 Å². The highest BCUT2D eigenvalue weighted by Gasteiger charge is 2.03. The predicted molar refractivity (Wildman–Crippen MR) is 72.6 cm³/mol. The second kappa shape index (κ2) is 6.77. The lowest BCUT2D eigenvalue weighted by Crippen LogP contribution is -2.24. The standard InChI is InChI=1S/C15H18N2O/c1-13(14-7-9-16-10-8-14)17-11-12-18-15-5-3-2-4-6-15/h2-10,13,17H,11-12H2,1H3/t13-/m0/s1. The fourth-order valence-corrected chi connectivity index (χ4v) is 1.73. The van der Waals surface area contributed by atoms with Crippen molar-refractivity contribution in [2.24, 2.45) is 0 Å². The molecule has 1 aromatic carbocycles. The molecule has 1 atom stereocenters. The first-order valence-electron chi connectivity index (χ1n) is 6.17. The molecule has 0 unspecified atom stereocenters. The number of pyridine rings is 1. The summed E-state index contributed by atoms with van der Waals surface area (Å²) in [6, 6.07) is 14.2. The molecule has 2 aromatic rings. The topological polar surface area (TPSA) is 34.1 Å². The number of hydrogen-bond acceptors (Lipinski definition) is 3. The highest BCUT2D eigenvalue weighted by Crippen LogP contribution is 2.10. The summed E-state index contributed by atoms with van der Waals surface area (Å²) in [7, 11) is 0. The van der Waals surface area contributed by atoms with Crippen LogP contribution in [0.3, 0.4) is 0 Å². The molecule has 0 aliphatic carbocycles. The maximum absolute atomic E-state index is 5.62. The number of para-hydroxylation sites is 1. The van der Waals surface area contributed by atoms with Gasteiger partial charge >= 0.3 is 0 Å². The zero-order valence-corrected chi connectivity index (χ0v) is 10.5. The molecular formula is C15H18N2O. The van der Waals surface area contributed by atoms with E-state index < -0.39 is 0 Å². The lowest BCUT2D eigenvalue weighted by Gasteiger charge is -2.14. The Morgan fingerprint density at radius 2 is 1.83 bits per heavy atom. The van der Waals surface area contributed by atoms with Crippen molar-refractivity contribution in [1.82, 2.24) is 10.3 Å². The van der Waals surface area contributed by atoms with Crippen LogP contribution >= 0.6 is 0 Å². The fraction of sp³-hybridized carbons (Fsp3) is 0.267. The van der Waals surface area contributed by atoms with Gasteiger partial charge in [-0.15, -0.1) is 0 Å². The molecule has 1 heterocycles. The Morgan fingerprint density at radius 3 is 2.56 bits per heavy atom. The molecule has 0 fully saturated rings. The molecule has 18 heavy (non-hydrogen) atoms. The SMILES string of the molecule is C[C@H](NCCOc1ccccc1)c1ccncc1. The van der Waals surface area contributed by atoms with Crippen molar-refractivity contribution in [3.63, 3.8) is 0 Å². The summed E-state index contributed by atoms with van der Waals surface area (Å²) in [4.78, 5) is 4.01. The minimum absolute atomic E-state index is 0.312. The van der Waals surface area contributed by atoms with Crippen molar-refractivity contribution in [2.45, 2.75) is 13.0 Å². The molecular weight excluding hydrogens is 224 g/mol. The smallest absolute Gasteiger partial charge is 0.119 e. The van der Waals surface area contributed by atoms with E-state index in [2.05, 4.69) is 17.2 Å². The van der Waals surface area contributed by atoms with Gasteiger partial charge in [-0.3, -0.25) is 4.98 Å². The van der Waals surface area contributed by atoms with Crippen molar-refractivity contribution in [3.8, 4) is 5.75 Å². The average Bonchev–Trinajstić information content (AvgIpc) is 2.45. The summed E-state index contributed by atoms with van der Waals surface area (Å²) >= 11 is 0. The predicted octanol–water partition coefficient (Wildman–Crippen LogP) is 2.81. The van der Waals surface area contributed by atoms with Crippen LogP contribution in [0.2, 0.25) is 0 Å². The summed E-state index contributed by atoms with van der Waals surface area (Å²) in [6.45, 7) is 3.62. The molecule has 1 N–H and O–H groups in total. The van der Waals surface area contributed by atoms with E-state index >= 15 is 0 Å². The van der Waals surface area contributed by atoms with Gasteiger partial charge in [-0.2, -0.15) is 0 Å². The molecule has 1 aromatic heterocycles. The summed E-state index contributed by atoms with van der Waals surface area (Å²) in [5.41, 5.74) is 1.24. The van der Waals surface area contributed by atoms with Gasteiger partial charge in [0.15, 0.2) is 0 Å². The van der Waals surface area contributed by atoms with Gasteiger partial charge in [0.2, 0.25) is 0 Å². The van der Waals surface area contributed by atoms with Gasteiger partial charge in [-0.1, -0.05) is 18.2 Å². The zero-order chi connectivity index (χ0) is 12.6. The maximum Gasteiger partial charge on any atom is 0.119 e. The van der Waals surface area contributed by atoms with Crippen molar-refractivity contribution in [3.05, 3.63) is 60.4 Å². The third-order valence-corrected chi connectivity index (χ3v) is 2.77. The first-order valence-corrected chi connectivity index (χ1v) is 6.17. The largest absolute Gasteiger partial charge is 0.492 e. The van der Waals surface area contributed by atoms with Crippen LogP contribution in [-0.4, -0.2) is 18.1 Å². The number of nitrogens with one attached hydrogen (secondary N) is 1. The molecule has 2 rings (SSSR count). The lowest BCUT2D eigenvalue weighted by atomic mass is 10.1. The first kappa shape index (κ1) is 12.6. The second-order valence-electron chi connectivity index (χ2n) is 4.12. The molecule has 0 spiro atoms. The Balaban J connectivity index is 1.70. The van der Waals surface area contributed by atoms with Crippen molar-refractivity contribution < 1.29 is 4.74 Å². The van der Waals surface area contributed by atoms with Crippen molar-refractivity contribution >= 4 is 0 Å². The Kier molecular flexibility index (Phi) is 4.73. The number of nitrogens with zero attached hydrogens (tertiary/aromatic N) is 1. The van der Waals surface area contributed by atoms with Gasteiger partial charge in [0.1, 0.15) is 12.4 Å².